The number of unbranched alkanes of at least 4 members (excludes halogenated alkanes) is 3. The molecular formula is C13H25N5. The van der Waals surface area contributed by atoms with Gasteiger partial charge in [0.25, 0.3) is 0 Å². The molecule has 1 unspecified atom stereocenters. The molecule has 18 heavy (non-hydrogen) atoms. The van der Waals surface area contributed by atoms with Crippen molar-refractivity contribution in [3.05, 3.63) is 6.07 Å². The number of hydrogen-bond donors (Lipinski definition) is 3. The Bertz CT molecular complexity index is 353. The van der Waals surface area contributed by atoms with Gasteiger partial charge in [0.1, 0.15) is 11.6 Å². The highest BCUT2D eigenvalue weighted by Crippen LogP contribution is 2.14. The van der Waals surface area contributed by atoms with Crippen LogP contribution in [0.15, 0.2) is 6.07 Å². The van der Waals surface area contributed by atoms with Gasteiger partial charge < -0.3 is 16.4 Å². The van der Waals surface area contributed by atoms with Crippen molar-refractivity contribution in [1.82, 2.24) is 9.97 Å². The minimum absolute atomic E-state index is 0.294. The molecule has 0 radical (unpaired) electrons. The summed E-state index contributed by atoms with van der Waals surface area (Å²) in [7, 11) is 1.82. The predicted octanol–water partition coefficient (Wildman–Crippen LogP) is 2.87. The van der Waals surface area contributed by atoms with Gasteiger partial charge in [-0.1, -0.05) is 32.6 Å². The lowest BCUT2D eigenvalue weighted by Gasteiger charge is -2.15. The number of hydrogen-bond acceptors (Lipinski definition) is 5. The summed E-state index contributed by atoms with van der Waals surface area (Å²) in [5.74, 6) is 1.82. The summed E-state index contributed by atoms with van der Waals surface area (Å²) in [6, 6.07) is 2.28. The largest absolute Gasteiger partial charge is 0.373 e. The van der Waals surface area contributed by atoms with Gasteiger partial charge in [-0.3, -0.25) is 0 Å². The molecule has 0 aromatic carbocycles. The van der Waals surface area contributed by atoms with Crippen LogP contribution in [0, 0.1) is 0 Å². The average molecular weight is 251 g/mol. The van der Waals surface area contributed by atoms with Crippen LogP contribution < -0.4 is 16.4 Å². The summed E-state index contributed by atoms with van der Waals surface area (Å²) >= 11 is 0. The number of aromatic nitrogens is 2. The number of nitrogens with one attached hydrogen (secondary N) is 2. The molecule has 1 atom stereocenters. The quantitative estimate of drug-likeness (QED) is 0.619. The van der Waals surface area contributed by atoms with Crippen LogP contribution in [0.1, 0.15) is 46.0 Å². The maximum absolute atomic E-state index is 5.65. The van der Waals surface area contributed by atoms with Crippen LogP contribution in [-0.4, -0.2) is 23.1 Å². The minimum atomic E-state index is 0.294. The third-order valence-electron chi connectivity index (χ3n) is 2.88. The molecule has 5 nitrogen and oxygen atoms in total. The fourth-order valence-corrected chi connectivity index (χ4v) is 1.87. The van der Waals surface area contributed by atoms with Gasteiger partial charge in [0, 0.05) is 19.2 Å². The summed E-state index contributed by atoms with van der Waals surface area (Å²) in [5, 5.41) is 6.33. The van der Waals surface area contributed by atoms with E-state index in [4.69, 9.17) is 5.73 Å². The third kappa shape index (κ3) is 5.21. The van der Waals surface area contributed by atoms with Crippen molar-refractivity contribution in [3.63, 3.8) is 0 Å². The summed E-state index contributed by atoms with van der Waals surface area (Å²) in [6.45, 7) is 4.40. The summed E-state index contributed by atoms with van der Waals surface area (Å²) in [6.07, 6.45) is 6.29. The highest BCUT2D eigenvalue weighted by atomic mass is 15.1. The Morgan fingerprint density at radius 2 is 1.94 bits per heavy atom. The molecule has 1 aromatic heterocycles. The monoisotopic (exact) mass is 251 g/mol. The number of anilines is 3. The van der Waals surface area contributed by atoms with Gasteiger partial charge in [-0.05, 0) is 13.3 Å². The van der Waals surface area contributed by atoms with E-state index in [9.17, 15) is 0 Å². The van der Waals surface area contributed by atoms with Crippen molar-refractivity contribution in [1.29, 1.82) is 0 Å². The van der Waals surface area contributed by atoms with Crippen LogP contribution in [0.5, 0.6) is 0 Å². The van der Waals surface area contributed by atoms with E-state index in [0.717, 1.165) is 18.1 Å². The summed E-state index contributed by atoms with van der Waals surface area (Å²) < 4.78 is 0. The molecule has 1 aromatic rings. The lowest BCUT2D eigenvalue weighted by molar-refractivity contribution is 0.593. The van der Waals surface area contributed by atoms with Crippen LogP contribution in [0.4, 0.5) is 17.6 Å². The lowest BCUT2D eigenvalue weighted by Crippen LogP contribution is -2.16. The standard InChI is InChI=1S/C13H25N5/c1-4-5-6-7-8-10(2)16-12-9-11(15-3)17-13(14)18-12/h9-10H,4-8H2,1-3H3,(H4,14,15,16,17,18). The second kappa shape index (κ2) is 7.74. The van der Waals surface area contributed by atoms with E-state index in [1.54, 1.807) is 0 Å². The molecule has 0 saturated heterocycles. The molecule has 102 valence electrons. The Hall–Kier alpha value is -1.52. The zero-order chi connectivity index (χ0) is 13.4. The Morgan fingerprint density at radius 3 is 2.61 bits per heavy atom. The molecule has 0 aliphatic carbocycles. The molecule has 0 bridgehead atoms. The van der Waals surface area contributed by atoms with Crippen LogP contribution in [0.3, 0.4) is 0 Å². The van der Waals surface area contributed by atoms with Gasteiger partial charge in [0.05, 0.1) is 0 Å². The van der Waals surface area contributed by atoms with E-state index in [2.05, 4.69) is 34.4 Å². The van der Waals surface area contributed by atoms with Gasteiger partial charge in [0.2, 0.25) is 5.95 Å². The normalized spacial score (nSPS) is 12.2. The van der Waals surface area contributed by atoms with Crippen molar-refractivity contribution in [3.8, 4) is 0 Å². The van der Waals surface area contributed by atoms with Crippen LogP contribution >= 0.6 is 0 Å². The maximum Gasteiger partial charge on any atom is 0.223 e. The van der Waals surface area contributed by atoms with E-state index in [1.807, 2.05) is 13.1 Å². The molecule has 0 amide bonds. The Kier molecular flexibility index (Phi) is 6.25. The average Bonchev–Trinajstić information content (AvgIpc) is 2.34. The topological polar surface area (TPSA) is 75.9 Å². The molecule has 0 fully saturated rings. The predicted molar refractivity (Wildman–Crippen MR) is 77.8 cm³/mol. The van der Waals surface area contributed by atoms with Gasteiger partial charge >= 0.3 is 0 Å². The number of nitrogens with two attached hydrogens (primary N) is 1. The smallest absolute Gasteiger partial charge is 0.223 e. The van der Waals surface area contributed by atoms with E-state index in [1.165, 1.54) is 25.7 Å². The van der Waals surface area contributed by atoms with Crippen molar-refractivity contribution in [2.45, 2.75) is 52.0 Å². The number of nitrogens with zero attached hydrogens (tertiary/aromatic N) is 2. The first-order valence-electron chi connectivity index (χ1n) is 6.74. The van der Waals surface area contributed by atoms with Crippen molar-refractivity contribution >= 4 is 17.6 Å². The van der Waals surface area contributed by atoms with Crippen LogP contribution in [0.2, 0.25) is 0 Å². The zero-order valence-electron chi connectivity index (χ0n) is 11.7. The second-order valence-electron chi connectivity index (χ2n) is 4.64. The van der Waals surface area contributed by atoms with Gasteiger partial charge in [0.15, 0.2) is 0 Å². The van der Waals surface area contributed by atoms with E-state index < -0.39 is 0 Å². The van der Waals surface area contributed by atoms with Gasteiger partial charge in [-0.15, -0.1) is 0 Å². The first-order chi connectivity index (χ1) is 8.65. The Morgan fingerprint density at radius 1 is 1.22 bits per heavy atom. The zero-order valence-corrected chi connectivity index (χ0v) is 11.7. The lowest BCUT2D eigenvalue weighted by atomic mass is 10.1. The minimum Gasteiger partial charge on any atom is -0.373 e. The maximum atomic E-state index is 5.65. The molecule has 0 aliphatic rings. The molecule has 0 spiro atoms. The second-order valence-corrected chi connectivity index (χ2v) is 4.64. The molecule has 0 aliphatic heterocycles. The first kappa shape index (κ1) is 14.5. The van der Waals surface area contributed by atoms with Crippen molar-refractivity contribution < 1.29 is 0 Å². The molecule has 1 heterocycles. The first-order valence-corrected chi connectivity index (χ1v) is 6.74. The fraction of sp³-hybridized carbons (Fsp3) is 0.692. The SMILES string of the molecule is CCCCCCC(C)Nc1cc(NC)nc(N)n1. The van der Waals surface area contributed by atoms with Crippen molar-refractivity contribution in [2.24, 2.45) is 0 Å². The molecule has 5 heteroatoms. The van der Waals surface area contributed by atoms with Crippen molar-refractivity contribution in [2.75, 3.05) is 23.4 Å². The Labute approximate surface area is 110 Å². The summed E-state index contributed by atoms with van der Waals surface area (Å²) in [5.41, 5.74) is 5.65. The number of nitrogen functional groups attached to an aromatic ring is 1. The molecule has 4 N–H and O–H groups in total. The van der Waals surface area contributed by atoms with Gasteiger partial charge in [-0.25, -0.2) is 0 Å². The fourth-order valence-electron chi connectivity index (χ4n) is 1.87. The third-order valence-corrected chi connectivity index (χ3v) is 2.88. The highest BCUT2D eigenvalue weighted by molar-refractivity contribution is 5.50. The number of rotatable bonds is 8. The highest BCUT2D eigenvalue weighted by Gasteiger charge is 2.05. The van der Waals surface area contributed by atoms with Crippen LogP contribution in [-0.2, 0) is 0 Å². The van der Waals surface area contributed by atoms with Gasteiger partial charge in [-0.2, -0.15) is 9.97 Å². The molecular weight excluding hydrogens is 226 g/mol. The summed E-state index contributed by atoms with van der Waals surface area (Å²) in [4.78, 5) is 8.24. The Balaban J connectivity index is 2.43. The molecule has 0 saturated carbocycles. The molecule has 1 rings (SSSR count). The van der Waals surface area contributed by atoms with Crippen LogP contribution in [0.25, 0.3) is 0 Å². The van der Waals surface area contributed by atoms with E-state index in [-0.39, 0.29) is 0 Å². The van der Waals surface area contributed by atoms with E-state index >= 15 is 0 Å². The van der Waals surface area contributed by atoms with E-state index in [0.29, 0.717) is 12.0 Å².